The summed E-state index contributed by atoms with van der Waals surface area (Å²) < 4.78 is 8.61. The molecule has 0 saturated carbocycles. The largest absolute Gasteiger partial charge is 0.466 e. The van der Waals surface area contributed by atoms with E-state index in [9.17, 15) is 9.59 Å². The summed E-state index contributed by atoms with van der Waals surface area (Å²) in [6, 6.07) is 0. The number of alkyl halides is 1. The van der Waals surface area contributed by atoms with Crippen molar-refractivity contribution in [3.63, 3.8) is 0 Å². The van der Waals surface area contributed by atoms with Crippen LogP contribution in [-0.2, 0) is 19.1 Å². The second-order valence-corrected chi connectivity index (χ2v) is 2.61. The van der Waals surface area contributed by atoms with Crippen LogP contribution in [0.5, 0.6) is 0 Å². The fourth-order valence-corrected chi connectivity index (χ4v) is 0.920. The molecule has 66 valence electrons. The number of rotatable bonds is 2. The minimum atomic E-state index is -1.62. The predicted octanol–water partition coefficient (Wildman–Crippen LogP) is -0.278. The van der Waals surface area contributed by atoms with Gasteiger partial charge in [0.1, 0.15) is 0 Å². The van der Waals surface area contributed by atoms with E-state index in [0.29, 0.717) is 0 Å². The number of hydrogen-bond acceptors (Lipinski definition) is 5. The second kappa shape index (κ2) is 2.75. The zero-order valence-electron chi connectivity index (χ0n) is 6.46. The average molecular weight is 192 g/mol. The van der Waals surface area contributed by atoms with Gasteiger partial charge in [0, 0.05) is 0 Å². The molecule has 0 fully saturated rings. The van der Waals surface area contributed by atoms with Gasteiger partial charge in [-0.2, -0.15) is 0 Å². The molecule has 0 amide bonds. The molecule has 0 radical (unpaired) electrons. The van der Waals surface area contributed by atoms with Crippen LogP contribution in [0.25, 0.3) is 0 Å². The van der Waals surface area contributed by atoms with Crippen LogP contribution >= 0.6 is 11.6 Å². The summed E-state index contributed by atoms with van der Waals surface area (Å²) >= 11 is 5.56. The molecule has 6 heteroatoms. The number of aliphatic imine (C=N–C) groups is 1. The highest BCUT2D eigenvalue weighted by molar-refractivity contribution is 6.65. The second-order valence-electron chi connectivity index (χ2n) is 2.07. The van der Waals surface area contributed by atoms with E-state index in [2.05, 4.69) is 14.5 Å². The van der Waals surface area contributed by atoms with Gasteiger partial charge in [0.15, 0.2) is 5.71 Å². The maximum Gasteiger partial charge on any atom is 0.356 e. The molecule has 1 heterocycles. The Bertz CT molecular complexity index is 275. The molecule has 0 N–H and O–H groups in total. The van der Waals surface area contributed by atoms with Crippen LogP contribution in [0.15, 0.2) is 4.99 Å². The summed E-state index contributed by atoms with van der Waals surface area (Å²) in [5.41, 5.74) is -0.112. The molecule has 1 aliphatic rings. The van der Waals surface area contributed by atoms with Crippen LogP contribution in [0.1, 0.15) is 0 Å². The Labute approximate surface area is 73.3 Å². The quantitative estimate of drug-likeness (QED) is 0.342. The first-order chi connectivity index (χ1) is 5.56. The predicted molar refractivity (Wildman–Crippen MR) is 40.1 cm³/mol. The summed E-state index contributed by atoms with van der Waals surface area (Å²) in [7, 11) is 2.34. The van der Waals surface area contributed by atoms with Crippen molar-refractivity contribution in [2.75, 3.05) is 14.2 Å². The van der Waals surface area contributed by atoms with Crippen molar-refractivity contribution in [3.05, 3.63) is 0 Å². The first kappa shape index (κ1) is 8.99. The van der Waals surface area contributed by atoms with Crippen LogP contribution in [0.3, 0.4) is 0 Å². The monoisotopic (exact) mass is 191 g/mol. The van der Waals surface area contributed by atoms with Gasteiger partial charge in [-0.3, -0.25) is 0 Å². The van der Waals surface area contributed by atoms with Crippen molar-refractivity contribution in [1.82, 2.24) is 0 Å². The Balaban J connectivity index is 2.63. The van der Waals surface area contributed by atoms with Crippen molar-refractivity contribution in [3.8, 4) is 0 Å². The van der Waals surface area contributed by atoms with Crippen molar-refractivity contribution in [2.24, 2.45) is 4.99 Å². The van der Waals surface area contributed by atoms with Crippen LogP contribution in [0.2, 0.25) is 0 Å². The topological polar surface area (TPSA) is 65.0 Å². The number of ether oxygens (including phenoxy) is 2. The van der Waals surface area contributed by atoms with Gasteiger partial charge in [0.05, 0.1) is 14.2 Å². The van der Waals surface area contributed by atoms with E-state index >= 15 is 0 Å². The summed E-state index contributed by atoms with van der Waals surface area (Å²) in [5.74, 6) is -1.49. The maximum atomic E-state index is 10.9. The number of carbonyl (C=O) groups is 2. The zero-order chi connectivity index (χ0) is 9.35. The molecule has 12 heavy (non-hydrogen) atoms. The van der Waals surface area contributed by atoms with Crippen molar-refractivity contribution in [2.45, 2.75) is 5.00 Å². The van der Waals surface area contributed by atoms with Crippen molar-refractivity contribution >= 4 is 29.3 Å². The Morgan fingerprint density at radius 2 is 2.00 bits per heavy atom. The molecular formula is C6H6ClNO4. The molecule has 1 aliphatic heterocycles. The molecule has 0 aromatic carbocycles. The van der Waals surface area contributed by atoms with E-state index in [1.807, 2.05) is 0 Å². The number of hydrogen-bond donors (Lipinski definition) is 0. The van der Waals surface area contributed by atoms with Crippen LogP contribution in [-0.4, -0.2) is 36.9 Å². The zero-order valence-corrected chi connectivity index (χ0v) is 7.21. The summed E-state index contributed by atoms with van der Waals surface area (Å²) in [6.07, 6.45) is 0. The lowest BCUT2D eigenvalue weighted by Gasteiger charge is -2.01. The van der Waals surface area contributed by atoms with E-state index in [1.165, 1.54) is 7.11 Å². The molecule has 0 aliphatic carbocycles. The molecule has 5 nitrogen and oxygen atoms in total. The van der Waals surface area contributed by atoms with E-state index in [4.69, 9.17) is 11.6 Å². The van der Waals surface area contributed by atoms with E-state index in [1.54, 1.807) is 0 Å². The van der Waals surface area contributed by atoms with E-state index < -0.39 is 16.9 Å². The van der Waals surface area contributed by atoms with Gasteiger partial charge in [-0.25, -0.2) is 14.6 Å². The highest BCUT2D eigenvalue weighted by atomic mass is 35.5. The highest BCUT2D eigenvalue weighted by Gasteiger charge is 2.58. The molecule has 1 atom stereocenters. The first-order valence-corrected chi connectivity index (χ1v) is 3.40. The fourth-order valence-electron chi connectivity index (χ4n) is 0.681. The lowest BCUT2D eigenvalue weighted by molar-refractivity contribution is -0.141. The number of esters is 2. The minimum Gasteiger partial charge on any atom is -0.466 e. The standard InChI is InChI=1S/C6H6ClNO4/c1-11-4(9)3-6(7,8-3)5(10)12-2/h1-2H3. The fraction of sp³-hybridized carbons (Fsp3) is 0.500. The van der Waals surface area contributed by atoms with Gasteiger partial charge >= 0.3 is 11.9 Å². The van der Waals surface area contributed by atoms with Crippen LogP contribution in [0, 0.1) is 0 Å². The molecule has 0 aromatic heterocycles. The maximum absolute atomic E-state index is 10.9. The Morgan fingerprint density at radius 3 is 2.42 bits per heavy atom. The molecular weight excluding hydrogens is 186 g/mol. The van der Waals surface area contributed by atoms with Crippen LogP contribution < -0.4 is 0 Å². The van der Waals surface area contributed by atoms with Crippen molar-refractivity contribution < 1.29 is 19.1 Å². The van der Waals surface area contributed by atoms with E-state index in [0.717, 1.165) is 7.11 Å². The van der Waals surface area contributed by atoms with Crippen molar-refractivity contribution in [1.29, 1.82) is 0 Å². The van der Waals surface area contributed by atoms with Gasteiger partial charge in [-0.05, 0) is 0 Å². The first-order valence-electron chi connectivity index (χ1n) is 3.02. The third-order valence-corrected chi connectivity index (χ3v) is 1.78. The average Bonchev–Trinajstić information content (AvgIpc) is 2.76. The third kappa shape index (κ3) is 1.16. The summed E-state index contributed by atoms with van der Waals surface area (Å²) in [6.45, 7) is 0. The SMILES string of the molecule is COC(=O)C1=NC1(Cl)C(=O)OC. The van der Waals surface area contributed by atoms with E-state index in [-0.39, 0.29) is 5.71 Å². The number of nitrogens with zero attached hydrogens (tertiary/aromatic N) is 1. The van der Waals surface area contributed by atoms with Gasteiger partial charge in [-0.1, -0.05) is 11.6 Å². The Morgan fingerprint density at radius 1 is 1.42 bits per heavy atom. The minimum absolute atomic E-state index is 0.112. The normalized spacial score (nSPS) is 25.8. The third-order valence-electron chi connectivity index (χ3n) is 1.36. The highest BCUT2D eigenvalue weighted by Crippen LogP contribution is 2.34. The molecule has 0 bridgehead atoms. The number of carbonyl (C=O) groups excluding carboxylic acids is 2. The van der Waals surface area contributed by atoms with Crippen LogP contribution in [0.4, 0.5) is 0 Å². The van der Waals surface area contributed by atoms with Gasteiger partial charge in [0.25, 0.3) is 5.00 Å². The van der Waals surface area contributed by atoms with Gasteiger partial charge in [-0.15, -0.1) is 0 Å². The molecule has 0 spiro atoms. The number of methoxy groups -OCH3 is 2. The Hall–Kier alpha value is -1.10. The van der Waals surface area contributed by atoms with Gasteiger partial charge in [0.2, 0.25) is 0 Å². The molecule has 1 rings (SSSR count). The molecule has 1 unspecified atom stereocenters. The smallest absolute Gasteiger partial charge is 0.356 e. The Kier molecular flexibility index (Phi) is 2.06. The number of halogens is 1. The summed E-state index contributed by atoms with van der Waals surface area (Å²) in [4.78, 5) is 23.5. The van der Waals surface area contributed by atoms with Gasteiger partial charge < -0.3 is 9.47 Å². The lowest BCUT2D eigenvalue weighted by Crippen LogP contribution is -2.29. The molecule has 0 aromatic rings. The lowest BCUT2D eigenvalue weighted by atomic mass is 10.3. The summed E-state index contributed by atoms with van der Waals surface area (Å²) in [5, 5.41) is 0. The molecule has 0 saturated heterocycles.